The van der Waals surface area contributed by atoms with Gasteiger partial charge in [-0.05, 0) is 109 Å². The van der Waals surface area contributed by atoms with E-state index in [4.69, 9.17) is 14.2 Å². The van der Waals surface area contributed by atoms with Gasteiger partial charge in [-0.15, -0.1) is 0 Å². The molecule has 0 amide bonds. The molecule has 0 heterocycles. The first-order chi connectivity index (χ1) is 33.0. The van der Waals surface area contributed by atoms with Crippen LogP contribution in [0.3, 0.4) is 0 Å². The van der Waals surface area contributed by atoms with Crippen LogP contribution in [-0.2, 0) is 28.6 Å². The molecule has 0 aliphatic carbocycles. The lowest BCUT2D eigenvalue weighted by Crippen LogP contribution is -2.30. The van der Waals surface area contributed by atoms with Crippen molar-refractivity contribution in [2.75, 3.05) is 13.2 Å². The zero-order chi connectivity index (χ0) is 48.6. The highest BCUT2D eigenvalue weighted by atomic mass is 16.6. The van der Waals surface area contributed by atoms with Gasteiger partial charge >= 0.3 is 17.9 Å². The van der Waals surface area contributed by atoms with Crippen molar-refractivity contribution < 1.29 is 28.6 Å². The highest BCUT2D eigenvalue weighted by Gasteiger charge is 2.19. The van der Waals surface area contributed by atoms with Crippen LogP contribution in [0, 0.1) is 0 Å². The first kappa shape index (κ1) is 64.1. The van der Waals surface area contributed by atoms with E-state index in [-0.39, 0.29) is 31.1 Å². The maximum Gasteiger partial charge on any atom is 0.306 e. The first-order valence-corrected chi connectivity index (χ1v) is 28.8. The lowest BCUT2D eigenvalue weighted by Gasteiger charge is -2.18. The topological polar surface area (TPSA) is 78.9 Å². The van der Waals surface area contributed by atoms with Gasteiger partial charge in [-0.1, -0.05) is 223 Å². The first-order valence-electron chi connectivity index (χ1n) is 28.8. The zero-order valence-electron chi connectivity index (χ0n) is 44.4. The maximum atomic E-state index is 12.8. The minimum Gasteiger partial charge on any atom is -0.462 e. The molecular formula is C61H108O6. The Morgan fingerprint density at radius 1 is 0.299 bits per heavy atom. The van der Waals surface area contributed by atoms with Crippen LogP contribution in [0.4, 0.5) is 0 Å². The van der Waals surface area contributed by atoms with Crippen LogP contribution in [-0.4, -0.2) is 37.2 Å². The molecule has 6 heteroatoms. The maximum absolute atomic E-state index is 12.8. The summed E-state index contributed by atoms with van der Waals surface area (Å²) in [4.78, 5) is 38.1. The largest absolute Gasteiger partial charge is 0.462 e. The van der Waals surface area contributed by atoms with Gasteiger partial charge in [0.15, 0.2) is 6.10 Å². The Morgan fingerprint density at radius 2 is 0.537 bits per heavy atom. The highest BCUT2D eigenvalue weighted by molar-refractivity contribution is 5.71. The number of carbonyl (C=O) groups is 3. The molecular weight excluding hydrogens is 829 g/mol. The number of rotatable bonds is 52. The standard InChI is InChI=1S/C61H108O6/c1-4-7-10-13-16-19-22-25-28-29-30-31-34-36-39-42-45-48-51-54-60(63)66-57-58(67-61(64)55-52-49-46-43-40-37-33-27-24-21-18-15-12-9-6-3)56-65-59(62)53-50-47-44-41-38-35-32-26-23-20-17-14-11-8-5-2/h16-17,19-20,25-28,32-33,58H,4-15,18,21-24,29-31,34-57H2,1-3H3/b19-16-,20-17-,28-25-,32-26-,33-27-/t58-/m0/s1. The number of esters is 3. The average Bonchev–Trinajstić information content (AvgIpc) is 3.33. The molecule has 0 aliphatic rings. The van der Waals surface area contributed by atoms with Crippen molar-refractivity contribution in [3.05, 3.63) is 60.8 Å². The second-order valence-electron chi connectivity index (χ2n) is 19.2. The fourth-order valence-corrected chi connectivity index (χ4v) is 8.09. The van der Waals surface area contributed by atoms with Gasteiger partial charge in [0, 0.05) is 19.3 Å². The number of hydrogen-bond acceptors (Lipinski definition) is 6. The van der Waals surface area contributed by atoms with Gasteiger partial charge in [-0.3, -0.25) is 14.4 Å². The molecule has 0 rings (SSSR count). The van der Waals surface area contributed by atoms with Crippen molar-refractivity contribution in [1.29, 1.82) is 0 Å². The molecule has 67 heavy (non-hydrogen) atoms. The quantitative estimate of drug-likeness (QED) is 0.0262. The van der Waals surface area contributed by atoms with Crippen LogP contribution in [0.1, 0.15) is 290 Å². The molecule has 0 aromatic rings. The number of allylic oxidation sites excluding steroid dienone is 10. The Morgan fingerprint density at radius 3 is 0.866 bits per heavy atom. The molecule has 0 saturated carbocycles. The van der Waals surface area contributed by atoms with E-state index >= 15 is 0 Å². The van der Waals surface area contributed by atoms with Gasteiger partial charge in [0.2, 0.25) is 0 Å². The average molecular weight is 938 g/mol. The number of ether oxygens (including phenoxy) is 3. The summed E-state index contributed by atoms with van der Waals surface area (Å²) in [5, 5.41) is 0. The smallest absolute Gasteiger partial charge is 0.306 e. The molecule has 0 bridgehead atoms. The second kappa shape index (κ2) is 55.7. The van der Waals surface area contributed by atoms with Crippen molar-refractivity contribution >= 4 is 17.9 Å². The van der Waals surface area contributed by atoms with Crippen LogP contribution in [0.15, 0.2) is 60.8 Å². The van der Waals surface area contributed by atoms with Gasteiger partial charge in [-0.2, -0.15) is 0 Å². The summed E-state index contributed by atoms with van der Waals surface area (Å²) in [7, 11) is 0. The van der Waals surface area contributed by atoms with E-state index in [1.165, 1.54) is 154 Å². The molecule has 0 N–H and O–H groups in total. The summed E-state index contributed by atoms with van der Waals surface area (Å²) < 4.78 is 16.9. The van der Waals surface area contributed by atoms with Gasteiger partial charge in [0.1, 0.15) is 13.2 Å². The van der Waals surface area contributed by atoms with E-state index in [1.54, 1.807) is 0 Å². The van der Waals surface area contributed by atoms with E-state index < -0.39 is 6.10 Å². The molecule has 0 unspecified atom stereocenters. The molecule has 6 nitrogen and oxygen atoms in total. The number of hydrogen-bond donors (Lipinski definition) is 0. The van der Waals surface area contributed by atoms with E-state index in [9.17, 15) is 14.4 Å². The number of carbonyl (C=O) groups excluding carboxylic acids is 3. The fourth-order valence-electron chi connectivity index (χ4n) is 8.09. The normalized spacial score (nSPS) is 12.5. The molecule has 0 saturated heterocycles. The van der Waals surface area contributed by atoms with Crippen LogP contribution < -0.4 is 0 Å². The molecule has 0 fully saturated rings. The van der Waals surface area contributed by atoms with Crippen molar-refractivity contribution in [2.45, 2.75) is 297 Å². The van der Waals surface area contributed by atoms with Crippen molar-refractivity contribution in [3.8, 4) is 0 Å². The minimum absolute atomic E-state index is 0.0834. The Hall–Kier alpha value is -2.89. The van der Waals surface area contributed by atoms with Gasteiger partial charge < -0.3 is 14.2 Å². The Balaban J connectivity index is 4.39. The predicted octanol–water partition coefficient (Wildman–Crippen LogP) is 19.2. The molecule has 1 atom stereocenters. The van der Waals surface area contributed by atoms with Gasteiger partial charge in [0.05, 0.1) is 0 Å². The highest BCUT2D eigenvalue weighted by Crippen LogP contribution is 2.15. The van der Waals surface area contributed by atoms with Crippen LogP contribution in [0.5, 0.6) is 0 Å². The third-order valence-electron chi connectivity index (χ3n) is 12.5. The van der Waals surface area contributed by atoms with E-state index in [2.05, 4.69) is 81.5 Å². The van der Waals surface area contributed by atoms with E-state index in [0.29, 0.717) is 19.3 Å². The summed E-state index contributed by atoms with van der Waals surface area (Å²) in [6.07, 6.45) is 69.2. The molecule has 388 valence electrons. The van der Waals surface area contributed by atoms with Gasteiger partial charge in [-0.25, -0.2) is 0 Å². The summed E-state index contributed by atoms with van der Waals surface area (Å²) >= 11 is 0. The summed E-state index contributed by atoms with van der Waals surface area (Å²) in [6, 6.07) is 0. The molecule has 0 aromatic carbocycles. The van der Waals surface area contributed by atoms with Crippen LogP contribution >= 0.6 is 0 Å². The molecule has 0 radical (unpaired) electrons. The number of unbranched alkanes of at least 4 members (excludes halogenated alkanes) is 31. The lowest BCUT2D eigenvalue weighted by atomic mass is 10.1. The van der Waals surface area contributed by atoms with Crippen molar-refractivity contribution in [2.24, 2.45) is 0 Å². The minimum atomic E-state index is -0.786. The fraction of sp³-hybridized carbons (Fsp3) is 0.787. The van der Waals surface area contributed by atoms with E-state index in [1.807, 2.05) is 0 Å². The Bertz CT molecular complexity index is 1210. The monoisotopic (exact) mass is 937 g/mol. The summed E-state index contributed by atoms with van der Waals surface area (Å²) in [5.74, 6) is -0.900. The second-order valence-corrected chi connectivity index (χ2v) is 19.2. The van der Waals surface area contributed by atoms with Crippen LogP contribution in [0.2, 0.25) is 0 Å². The third-order valence-corrected chi connectivity index (χ3v) is 12.5. The molecule has 0 aromatic heterocycles. The predicted molar refractivity (Wildman–Crippen MR) is 288 cm³/mol. The van der Waals surface area contributed by atoms with E-state index in [0.717, 1.165) is 96.3 Å². The zero-order valence-corrected chi connectivity index (χ0v) is 44.4. The Kier molecular flexibility index (Phi) is 53.3. The molecule has 0 aliphatic heterocycles. The van der Waals surface area contributed by atoms with Crippen LogP contribution in [0.25, 0.3) is 0 Å². The van der Waals surface area contributed by atoms with Gasteiger partial charge in [0.25, 0.3) is 0 Å². The summed E-state index contributed by atoms with van der Waals surface area (Å²) in [5.41, 5.74) is 0. The third kappa shape index (κ3) is 53.9. The lowest BCUT2D eigenvalue weighted by molar-refractivity contribution is -0.167. The Labute approximate surface area is 415 Å². The SMILES string of the molecule is CCCCC/C=C\C/C=C\CCCCCCCCCCCC(=O)OC[C@H](COC(=O)CCCCCCC/C=C\C/C=C\CCCCC)OC(=O)CCCCCCC/C=C\CCCCCCCC. The van der Waals surface area contributed by atoms with Crippen molar-refractivity contribution in [3.63, 3.8) is 0 Å². The summed E-state index contributed by atoms with van der Waals surface area (Å²) in [6.45, 7) is 6.58. The molecule has 0 spiro atoms. The van der Waals surface area contributed by atoms with Crippen molar-refractivity contribution in [1.82, 2.24) is 0 Å².